The zero-order chi connectivity index (χ0) is 21.6. The third kappa shape index (κ3) is 5.11. The second-order valence-corrected chi connectivity index (χ2v) is 8.24. The van der Waals surface area contributed by atoms with Gasteiger partial charge < -0.3 is 14.6 Å². The molecule has 1 fully saturated rings. The number of nitrogens with zero attached hydrogens (tertiary/aromatic N) is 2. The van der Waals surface area contributed by atoms with E-state index in [9.17, 15) is 9.59 Å². The molecule has 6 nitrogen and oxygen atoms in total. The van der Waals surface area contributed by atoms with E-state index >= 15 is 0 Å². The summed E-state index contributed by atoms with van der Waals surface area (Å²) < 4.78 is 7.91. The molecule has 0 saturated carbocycles. The average Bonchev–Trinajstić information content (AvgIpc) is 2.81. The second-order valence-electron chi connectivity index (χ2n) is 7.85. The van der Waals surface area contributed by atoms with Gasteiger partial charge in [0.15, 0.2) is 4.77 Å². The number of carbonyl (C=O) groups is 1. The summed E-state index contributed by atoms with van der Waals surface area (Å²) >= 11 is 5.36. The van der Waals surface area contributed by atoms with Crippen molar-refractivity contribution in [1.29, 1.82) is 0 Å². The molecule has 7 heteroatoms. The van der Waals surface area contributed by atoms with Crippen LogP contribution in [0, 0.1) is 4.77 Å². The number of carbonyl (C=O) groups excluding carboxylic acids is 1. The van der Waals surface area contributed by atoms with Crippen molar-refractivity contribution in [3.05, 3.63) is 75.3 Å². The molecule has 0 radical (unpaired) electrons. The van der Waals surface area contributed by atoms with Gasteiger partial charge in [0.25, 0.3) is 5.56 Å². The predicted molar refractivity (Wildman–Crippen MR) is 124 cm³/mol. The highest BCUT2D eigenvalue weighted by Gasteiger charge is 2.24. The lowest BCUT2D eigenvalue weighted by atomic mass is 10.1. The van der Waals surface area contributed by atoms with Crippen molar-refractivity contribution in [3.8, 4) is 0 Å². The summed E-state index contributed by atoms with van der Waals surface area (Å²) in [5, 5.41) is 0.645. The Morgan fingerprint density at radius 2 is 1.84 bits per heavy atom. The highest BCUT2D eigenvalue weighted by molar-refractivity contribution is 7.71. The van der Waals surface area contributed by atoms with Gasteiger partial charge in [-0.25, -0.2) is 0 Å². The summed E-state index contributed by atoms with van der Waals surface area (Å²) in [5.41, 5.74) is 1.81. The molecule has 1 atom stereocenters. The van der Waals surface area contributed by atoms with Crippen molar-refractivity contribution in [2.75, 3.05) is 19.7 Å². The standard InChI is InChI=1S/C24H27N3O3S/c28-22(26-15-16-30-21(17-26)18-9-3-1-4-10-18)13-5-2-8-14-27-23(29)19-11-6-7-12-20(19)25-24(27)31/h1,3-4,6-7,9-12,21H,2,5,8,13-17H2,(H,25,31). The maximum absolute atomic E-state index is 12.7. The normalized spacial score (nSPS) is 16.5. The molecule has 0 bridgehead atoms. The van der Waals surface area contributed by atoms with Gasteiger partial charge in [0, 0.05) is 19.5 Å². The fourth-order valence-electron chi connectivity index (χ4n) is 4.03. The number of amides is 1. The molecule has 0 aliphatic carbocycles. The number of hydrogen-bond donors (Lipinski definition) is 1. The van der Waals surface area contributed by atoms with E-state index in [4.69, 9.17) is 17.0 Å². The first-order valence-electron chi connectivity index (χ1n) is 10.8. The molecule has 1 aliphatic rings. The first-order chi connectivity index (χ1) is 15.1. The molecule has 1 saturated heterocycles. The fourth-order valence-corrected chi connectivity index (χ4v) is 4.31. The molecule has 1 aliphatic heterocycles. The minimum atomic E-state index is -0.0595. The third-order valence-electron chi connectivity index (χ3n) is 5.75. The van der Waals surface area contributed by atoms with E-state index in [0.717, 1.165) is 30.3 Å². The Kier molecular flexibility index (Phi) is 6.94. The van der Waals surface area contributed by atoms with Crippen LogP contribution in [0.5, 0.6) is 0 Å². The predicted octanol–water partition coefficient (Wildman–Crippen LogP) is 4.22. The number of aromatic nitrogens is 2. The van der Waals surface area contributed by atoms with Crippen LogP contribution in [0.25, 0.3) is 10.9 Å². The summed E-state index contributed by atoms with van der Waals surface area (Å²) in [7, 11) is 0. The topological polar surface area (TPSA) is 67.3 Å². The van der Waals surface area contributed by atoms with Crippen molar-refractivity contribution < 1.29 is 9.53 Å². The molecule has 1 aromatic heterocycles. The van der Waals surface area contributed by atoms with Gasteiger partial charge in [-0.15, -0.1) is 0 Å². The Morgan fingerprint density at radius 3 is 2.68 bits per heavy atom. The number of para-hydroxylation sites is 1. The van der Waals surface area contributed by atoms with Gasteiger partial charge in [0.05, 0.1) is 24.1 Å². The van der Waals surface area contributed by atoms with E-state index in [1.54, 1.807) is 4.57 Å². The van der Waals surface area contributed by atoms with Crippen LogP contribution in [0.15, 0.2) is 59.4 Å². The number of fused-ring (bicyclic) bond motifs is 1. The first-order valence-corrected chi connectivity index (χ1v) is 11.2. The van der Waals surface area contributed by atoms with Crippen LogP contribution in [0.3, 0.4) is 0 Å². The minimum absolute atomic E-state index is 0.0552. The Bertz CT molecular complexity index is 1160. The quantitative estimate of drug-likeness (QED) is 0.444. The number of benzene rings is 2. The van der Waals surface area contributed by atoms with E-state index in [-0.39, 0.29) is 17.6 Å². The molecule has 4 rings (SSSR count). The van der Waals surface area contributed by atoms with Gasteiger partial charge in [-0.1, -0.05) is 48.9 Å². The number of unbranched alkanes of at least 4 members (excludes halogenated alkanes) is 2. The molecule has 3 aromatic rings. The summed E-state index contributed by atoms with van der Waals surface area (Å²) in [6.07, 6.45) is 2.93. The van der Waals surface area contributed by atoms with Crippen molar-refractivity contribution in [2.45, 2.75) is 38.3 Å². The summed E-state index contributed by atoms with van der Waals surface area (Å²) in [6.45, 7) is 2.36. The molecule has 0 spiro atoms. The van der Waals surface area contributed by atoms with Crippen molar-refractivity contribution in [3.63, 3.8) is 0 Å². The van der Waals surface area contributed by atoms with Crippen LogP contribution in [0.4, 0.5) is 0 Å². The molecule has 2 aromatic carbocycles. The van der Waals surface area contributed by atoms with E-state index in [1.807, 2.05) is 59.5 Å². The molecule has 31 heavy (non-hydrogen) atoms. The lowest BCUT2D eigenvalue weighted by Crippen LogP contribution is -2.42. The number of nitrogens with one attached hydrogen (secondary N) is 1. The number of hydrogen-bond acceptors (Lipinski definition) is 4. The van der Waals surface area contributed by atoms with Crippen molar-refractivity contribution >= 4 is 29.0 Å². The number of aromatic amines is 1. The molecule has 1 amide bonds. The first kappa shape index (κ1) is 21.5. The Labute approximate surface area is 186 Å². The maximum atomic E-state index is 12.7. The van der Waals surface area contributed by atoms with E-state index < -0.39 is 0 Å². The van der Waals surface area contributed by atoms with Gasteiger partial charge in [0.1, 0.15) is 6.10 Å². The number of ether oxygens (including phenoxy) is 1. The van der Waals surface area contributed by atoms with Crippen molar-refractivity contribution in [1.82, 2.24) is 14.5 Å². The van der Waals surface area contributed by atoms with Gasteiger partial charge in [-0.2, -0.15) is 0 Å². The zero-order valence-electron chi connectivity index (χ0n) is 17.5. The van der Waals surface area contributed by atoms with Gasteiger partial charge in [-0.3, -0.25) is 14.2 Å². The van der Waals surface area contributed by atoms with E-state index in [1.165, 1.54) is 0 Å². The second kappa shape index (κ2) is 10.0. The fraction of sp³-hybridized carbons (Fsp3) is 0.375. The summed E-state index contributed by atoms with van der Waals surface area (Å²) in [6, 6.07) is 17.4. The van der Waals surface area contributed by atoms with Crippen LogP contribution in [-0.2, 0) is 16.1 Å². The van der Waals surface area contributed by atoms with Crippen LogP contribution in [0.1, 0.15) is 37.4 Å². The van der Waals surface area contributed by atoms with Crippen LogP contribution < -0.4 is 5.56 Å². The summed E-state index contributed by atoms with van der Waals surface area (Å²) in [5.74, 6) is 0.171. The lowest BCUT2D eigenvalue weighted by molar-refractivity contribution is -0.139. The van der Waals surface area contributed by atoms with Gasteiger partial charge >= 0.3 is 0 Å². The van der Waals surface area contributed by atoms with Crippen LogP contribution in [0.2, 0.25) is 0 Å². The van der Waals surface area contributed by atoms with Crippen LogP contribution >= 0.6 is 12.2 Å². The number of H-pyrrole nitrogens is 1. The Balaban J connectivity index is 1.26. The maximum Gasteiger partial charge on any atom is 0.262 e. The van der Waals surface area contributed by atoms with Gasteiger partial charge in [-0.05, 0) is 42.8 Å². The average molecular weight is 438 g/mol. The smallest absolute Gasteiger partial charge is 0.262 e. The number of morpholine rings is 1. The minimum Gasteiger partial charge on any atom is -0.370 e. The van der Waals surface area contributed by atoms with Gasteiger partial charge in [0.2, 0.25) is 5.91 Å². The lowest BCUT2D eigenvalue weighted by Gasteiger charge is -2.33. The summed E-state index contributed by atoms with van der Waals surface area (Å²) in [4.78, 5) is 30.4. The van der Waals surface area contributed by atoms with Crippen LogP contribution in [-0.4, -0.2) is 40.1 Å². The molecular weight excluding hydrogens is 410 g/mol. The molecular formula is C24H27N3O3S. The monoisotopic (exact) mass is 437 g/mol. The molecule has 162 valence electrons. The Morgan fingerprint density at radius 1 is 1.06 bits per heavy atom. The number of rotatable bonds is 7. The molecule has 1 N–H and O–H groups in total. The zero-order valence-corrected chi connectivity index (χ0v) is 18.3. The third-order valence-corrected chi connectivity index (χ3v) is 6.07. The van der Waals surface area contributed by atoms with Crippen molar-refractivity contribution in [2.24, 2.45) is 0 Å². The molecule has 1 unspecified atom stereocenters. The highest BCUT2D eigenvalue weighted by Crippen LogP contribution is 2.22. The molecule has 2 heterocycles. The highest BCUT2D eigenvalue weighted by atomic mass is 32.1. The Hall–Kier alpha value is -2.77. The SMILES string of the molecule is O=C(CCCCCn1c(=S)[nH]c2ccccc2c1=O)N1CCOC(c2ccccc2)C1. The van der Waals surface area contributed by atoms with E-state index in [0.29, 0.717) is 42.8 Å². The van der Waals surface area contributed by atoms with E-state index in [2.05, 4.69) is 4.98 Å². The largest absolute Gasteiger partial charge is 0.370 e.